The smallest absolute Gasteiger partial charge is 0.159 e. The molecular formula is C13H18N4. The zero-order chi connectivity index (χ0) is 11.8. The van der Waals surface area contributed by atoms with Crippen molar-refractivity contribution in [1.29, 1.82) is 0 Å². The van der Waals surface area contributed by atoms with Gasteiger partial charge in [-0.1, -0.05) is 0 Å². The molecular weight excluding hydrogens is 212 g/mol. The number of aromatic nitrogens is 3. The summed E-state index contributed by atoms with van der Waals surface area (Å²) >= 11 is 0. The average molecular weight is 230 g/mol. The Labute approximate surface area is 101 Å². The van der Waals surface area contributed by atoms with E-state index in [4.69, 9.17) is 4.98 Å². The SMILES string of the molecule is Cc1cc(N2CCCCC2)nc2cnc(C)n12. The molecule has 4 heteroatoms. The third-order valence-electron chi connectivity index (χ3n) is 3.52. The van der Waals surface area contributed by atoms with Crippen LogP contribution in [0.1, 0.15) is 30.8 Å². The molecule has 0 aliphatic carbocycles. The van der Waals surface area contributed by atoms with Gasteiger partial charge in [0.15, 0.2) is 5.65 Å². The molecule has 90 valence electrons. The number of imidazole rings is 1. The van der Waals surface area contributed by atoms with Crippen molar-refractivity contribution in [1.82, 2.24) is 14.4 Å². The van der Waals surface area contributed by atoms with Crippen molar-refractivity contribution in [3.8, 4) is 0 Å². The van der Waals surface area contributed by atoms with E-state index in [2.05, 4.69) is 27.3 Å². The first-order valence-electron chi connectivity index (χ1n) is 6.32. The van der Waals surface area contributed by atoms with Crippen LogP contribution in [0.25, 0.3) is 5.65 Å². The van der Waals surface area contributed by atoms with Gasteiger partial charge in [0.05, 0.1) is 6.20 Å². The van der Waals surface area contributed by atoms with Gasteiger partial charge in [0, 0.05) is 24.8 Å². The highest BCUT2D eigenvalue weighted by Crippen LogP contribution is 2.20. The van der Waals surface area contributed by atoms with Gasteiger partial charge < -0.3 is 4.90 Å². The molecule has 2 aromatic rings. The van der Waals surface area contributed by atoms with Crippen LogP contribution in [0.5, 0.6) is 0 Å². The number of anilines is 1. The van der Waals surface area contributed by atoms with E-state index in [0.29, 0.717) is 0 Å². The Morgan fingerprint density at radius 1 is 1.12 bits per heavy atom. The monoisotopic (exact) mass is 230 g/mol. The summed E-state index contributed by atoms with van der Waals surface area (Å²) in [6.07, 6.45) is 5.77. The van der Waals surface area contributed by atoms with Crippen LogP contribution in [0, 0.1) is 13.8 Å². The van der Waals surface area contributed by atoms with Crippen LogP contribution in [0.2, 0.25) is 0 Å². The topological polar surface area (TPSA) is 33.4 Å². The lowest BCUT2D eigenvalue weighted by molar-refractivity contribution is 0.573. The first-order valence-corrected chi connectivity index (χ1v) is 6.32. The molecule has 0 saturated carbocycles. The standard InChI is InChI=1S/C13H18N4/c1-10-8-12(16-6-4-3-5-7-16)15-13-9-14-11(2)17(10)13/h8-9H,3-7H2,1-2H3. The molecule has 17 heavy (non-hydrogen) atoms. The normalized spacial score (nSPS) is 16.7. The zero-order valence-corrected chi connectivity index (χ0v) is 10.5. The Balaban J connectivity index is 2.05. The maximum absolute atomic E-state index is 4.71. The van der Waals surface area contributed by atoms with E-state index in [9.17, 15) is 0 Å². The second-order valence-corrected chi connectivity index (χ2v) is 4.80. The molecule has 3 heterocycles. The first kappa shape index (κ1) is 10.6. The molecule has 0 atom stereocenters. The van der Waals surface area contributed by atoms with Crippen molar-refractivity contribution >= 4 is 11.5 Å². The second-order valence-electron chi connectivity index (χ2n) is 4.80. The van der Waals surface area contributed by atoms with Crippen LogP contribution in [-0.2, 0) is 0 Å². The molecule has 3 rings (SSSR count). The molecule has 2 aromatic heterocycles. The molecule has 0 unspecified atom stereocenters. The van der Waals surface area contributed by atoms with E-state index in [1.165, 1.54) is 25.0 Å². The molecule has 1 aliphatic heterocycles. The average Bonchev–Trinajstić information content (AvgIpc) is 2.73. The summed E-state index contributed by atoms with van der Waals surface area (Å²) in [4.78, 5) is 11.4. The Kier molecular flexibility index (Phi) is 2.50. The molecule has 4 nitrogen and oxygen atoms in total. The third-order valence-corrected chi connectivity index (χ3v) is 3.52. The highest BCUT2D eigenvalue weighted by Gasteiger charge is 2.14. The van der Waals surface area contributed by atoms with Crippen molar-refractivity contribution in [2.45, 2.75) is 33.1 Å². The molecule has 1 saturated heterocycles. The maximum Gasteiger partial charge on any atom is 0.159 e. The van der Waals surface area contributed by atoms with E-state index in [1.54, 1.807) is 0 Å². The second kappa shape index (κ2) is 4.02. The fourth-order valence-electron chi connectivity index (χ4n) is 2.63. The van der Waals surface area contributed by atoms with Crippen molar-refractivity contribution in [2.24, 2.45) is 0 Å². The summed E-state index contributed by atoms with van der Waals surface area (Å²) in [5.74, 6) is 2.12. The summed E-state index contributed by atoms with van der Waals surface area (Å²) in [7, 11) is 0. The summed E-state index contributed by atoms with van der Waals surface area (Å²) in [6, 6.07) is 2.17. The lowest BCUT2D eigenvalue weighted by Crippen LogP contribution is -2.30. The zero-order valence-electron chi connectivity index (χ0n) is 10.5. The largest absolute Gasteiger partial charge is 0.356 e. The summed E-state index contributed by atoms with van der Waals surface area (Å²) in [6.45, 7) is 6.41. The molecule has 1 aliphatic rings. The minimum Gasteiger partial charge on any atom is -0.356 e. The quantitative estimate of drug-likeness (QED) is 0.754. The Hall–Kier alpha value is -1.58. The molecule has 0 radical (unpaired) electrons. The fraction of sp³-hybridized carbons (Fsp3) is 0.538. The van der Waals surface area contributed by atoms with Crippen LogP contribution in [0.3, 0.4) is 0 Å². The van der Waals surface area contributed by atoms with Gasteiger partial charge in [-0.3, -0.25) is 4.40 Å². The van der Waals surface area contributed by atoms with Crippen molar-refractivity contribution < 1.29 is 0 Å². The highest BCUT2D eigenvalue weighted by molar-refractivity contribution is 5.50. The van der Waals surface area contributed by atoms with Gasteiger partial charge >= 0.3 is 0 Å². The van der Waals surface area contributed by atoms with Crippen molar-refractivity contribution in [3.63, 3.8) is 0 Å². The predicted molar refractivity (Wildman–Crippen MR) is 68.5 cm³/mol. The number of aryl methyl sites for hydroxylation is 2. The fourth-order valence-corrected chi connectivity index (χ4v) is 2.63. The third kappa shape index (κ3) is 1.77. The number of nitrogens with zero attached hydrogens (tertiary/aromatic N) is 4. The van der Waals surface area contributed by atoms with E-state index < -0.39 is 0 Å². The lowest BCUT2D eigenvalue weighted by atomic mass is 10.1. The van der Waals surface area contributed by atoms with Gasteiger partial charge in [0.2, 0.25) is 0 Å². The summed E-state index contributed by atoms with van der Waals surface area (Å²) in [5.41, 5.74) is 2.17. The molecule has 0 N–H and O–H groups in total. The van der Waals surface area contributed by atoms with Crippen LogP contribution >= 0.6 is 0 Å². The van der Waals surface area contributed by atoms with Crippen LogP contribution in [0.15, 0.2) is 12.3 Å². The van der Waals surface area contributed by atoms with E-state index in [-0.39, 0.29) is 0 Å². The summed E-state index contributed by atoms with van der Waals surface area (Å²) in [5, 5.41) is 0. The van der Waals surface area contributed by atoms with Gasteiger partial charge in [0.1, 0.15) is 11.6 Å². The van der Waals surface area contributed by atoms with E-state index in [1.807, 2.05) is 13.1 Å². The molecule has 0 bridgehead atoms. The van der Waals surface area contributed by atoms with Gasteiger partial charge in [-0.05, 0) is 33.1 Å². The van der Waals surface area contributed by atoms with Gasteiger partial charge in [-0.25, -0.2) is 9.97 Å². The van der Waals surface area contributed by atoms with Crippen molar-refractivity contribution in [2.75, 3.05) is 18.0 Å². The van der Waals surface area contributed by atoms with Crippen LogP contribution in [0.4, 0.5) is 5.82 Å². The van der Waals surface area contributed by atoms with E-state index >= 15 is 0 Å². The van der Waals surface area contributed by atoms with Crippen LogP contribution in [-0.4, -0.2) is 27.5 Å². The first-order chi connectivity index (χ1) is 8.25. The predicted octanol–water partition coefficient (Wildman–Crippen LogP) is 2.34. The number of rotatable bonds is 1. The maximum atomic E-state index is 4.71. The van der Waals surface area contributed by atoms with Crippen LogP contribution < -0.4 is 4.90 Å². The molecule has 1 fully saturated rings. The van der Waals surface area contributed by atoms with E-state index in [0.717, 1.165) is 30.4 Å². The number of fused-ring (bicyclic) bond motifs is 1. The number of piperidine rings is 1. The molecule has 0 spiro atoms. The summed E-state index contributed by atoms with van der Waals surface area (Å²) < 4.78 is 2.10. The van der Waals surface area contributed by atoms with Crippen molar-refractivity contribution in [3.05, 3.63) is 23.8 Å². The number of hydrogen-bond donors (Lipinski definition) is 0. The van der Waals surface area contributed by atoms with Gasteiger partial charge in [-0.15, -0.1) is 0 Å². The molecule has 0 amide bonds. The number of hydrogen-bond acceptors (Lipinski definition) is 3. The Morgan fingerprint density at radius 2 is 1.88 bits per heavy atom. The lowest BCUT2D eigenvalue weighted by Gasteiger charge is -2.28. The highest BCUT2D eigenvalue weighted by atomic mass is 15.2. The minimum atomic E-state index is 0.961. The Bertz CT molecular complexity index is 538. The minimum absolute atomic E-state index is 0.961. The Morgan fingerprint density at radius 3 is 2.65 bits per heavy atom. The molecule has 0 aromatic carbocycles. The van der Waals surface area contributed by atoms with Gasteiger partial charge in [-0.2, -0.15) is 0 Å². The van der Waals surface area contributed by atoms with Gasteiger partial charge in [0.25, 0.3) is 0 Å².